The Morgan fingerprint density at radius 2 is 1.63 bits per heavy atom. The summed E-state index contributed by atoms with van der Waals surface area (Å²) in [5, 5.41) is 10.1. The lowest BCUT2D eigenvalue weighted by Crippen LogP contribution is -2.38. The molecule has 0 unspecified atom stereocenters. The highest BCUT2D eigenvalue weighted by molar-refractivity contribution is 7.80. The summed E-state index contributed by atoms with van der Waals surface area (Å²) in [5.74, 6) is 0.514. The van der Waals surface area contributed by atoms with E-state index < -0.39 is 0 Å². The summed E-state index contributed by atoms with van der Waals surface area (Å²) in [6, 6.07) is 12.8. The van der Waals surface area contributed by atoms with Gasteiger partial charge in [-0.3, -0.25) is 0 Å². The predicted octanol–water partition coefficient (Wildman–Crippen LogP) is 7.02. The maximum Gasteiger partial charge on any atom is 0.189 e. The molecule has 1 aliphatic rings. The molecule has 0 amide bonds. The van der Waals surface area contributed by atoms with Crippen molar-refractivity contribution in [3.8, 4) is 0 Å². The number of nitrogens with one attached hydrogen (secondary N) is 2. The number of benzene rings is 2. The predicted molar refractivity (Wildman–Crippen MR) is 133 cm³/mol. The second-order valence-corrected chi connectivity index (χ2v) is 10.2. The van der Waals surface area contributed by atoms with E-state index in [2.05, 4.69) is 74.9 Å². The van der Waals surface area contributed by atoms with Gasteiger partial charge in [-0.25, -0.2) is 4.98 Å². The first-order chi connectivity index (χ1) is 14.2. The van der Waals surface area contributed by atoms with Gasteiger partial charge in [-0.05, 0) is 87.0 Å². The molecule has 2 aromatic carbocycles. The van der Waals surface area contributed by atoms with Crippen molar-refractivity contribution in [1.82, 2.24) is 4.98 Å². The van der Waals surface area contributed by atoms with E-state index in [0.29, 0.717) is 11.0 Å². The highest BCUT2D eigenvalue weighted by Gasteiger charge is 2.44. The first kappa shape index (κ1) is 21.0. The van der Waals surface area contributed by atoms with Crippen LogP contribution in [0.5, 0.6) is 0 Å². The summed E-state index contributed by atoms with van der Waals surface area (Å²) in [4.78, 5) is 4.83. The molecule has 0 atom stereocenters. The number of rotatable bonds is 4. The number of aromatic nitrogens is 1. The minimum atomic E-state index is 0.242. The second-order valence-electron chi connectivity index (χ2n) is 8.96. The van der Waals surface area contributed by atoms with E-state index in [-0.39, 0.29) is 5.41 Å². The number of thiazole rings is 1. The van der Waals surface area contributed by atoms with Crippen molar-refractivity contribution in [2.45, 2.75) is 58.8 Å². The first-order valence-corrected chi connectivity index (χ1v) is 11.7. The van der Waals surface area contributed by atoms with Crippen molar-refractivity contribution in [1.29, 1.82) is 0 Å². The number of thiocarbonyl (C=S) groups is 1. The maximum atomic E-state index is 5.45. The van der Waals surface area contributed by atoms with Gasteiger partial charge in [-0.1, -0.05) is 42.3 Å². The van der Waals surface area contributed by atoms with Crippen molar-refractivity contribution in [3.63, 3.8) is 0 Å². The molecule has 1 fully saturated rings. The summed E-state index contributed by atoms with van der Waals surface area (Å²) in [6.45, 7) is 11.2. The molecule has 1 saturated carbocycles. The van der Waals surface area contributed by atoms with Crippen LogP contribution < -0.4 is 10.6 Å². The molecule has 4 rings (SSSR count). The average Bonchev–Trinajstić information content (AvgIpc) is 3.08. The minimum Gasteiger partial charge on any atom is -0.332 e. The van der Waals surface area contributed by atoms with Crippen molar-refractivity contribution in [3.05, 3.63) is 75.3 Å². The summed E-state index contributed by atoms with van der Waals surface area (Å²) >= 11 is 7.08. The molecule has 0 bridgehead atoms. The molecule has 0 aliphatic heterocycles. The van der Waals surface area contributed by atoms with Gasteiger partial charge in [0.25, 0.3) is 0 Å². The molecular weight excluding hydrogens is 406 g/mol. The van der Waals surface area contributed by atoms with E-state index in [9.17, 15) is 0 Å². The van der Waals surface area contributed by atoms with E-state index in [4.69, 9.17) is 17.2 Å². The average molecular weight is 436 g/mol. The second kappa shape index (κ2) is 8.12. The van der Waals surface area contributed by atoms with Crippen LogP contribution in [-0.2, 0) is 5.41 Å². The molecule has 0 saturated heterocycles. The molecule has 3 nitrogen and oxygen atoms in total. The fourth-order valence-electron chi connectivity index (χ4n) is 5.00. The normalized spacial score (nSPS) is 20.5. The summed E-state index contributed by atoms with van der Waals surface area (Å²) in [7, 11) is 0. The smallest absolute Gasteiger partial charge is 0.189 e. The van der Waals surface area contributed by atoms with Crippen molar-refractivity contribution >= 4 is 39.5 Å². The van der Waals surface area contributed by atoms with Crippen LogP contribution in [0.1, 0.15) is 59.2 Å². The number of aryl methyl sites for hydroxylation is 4. The Morgan fingerprint density at radius 1 is 1.00 bits per heavy atom. The SMILES string of the molecule is Cc1ccc(NC(=S)Nc2nc(C3CC(C)(c4c(C)cc(C)cc4C)C3)cs2)cc1. The molecule has 1 heterocycles. The summed E-state index contributed by atoms with van der Waals surface area (Å²) in [6.07, 6.45) is 2.29. The molecule has 0 radical (unpaired) electrons. The van der Waals surface area contributed by atoms with Crippen molar-refractivity contribution in [2.75, 3.05) is 10.6 Å². The van der Waals surface area contributed by atoms with Crippen LogP contribution in [0, 0.1) is 27.7 Å². The molecular formula is C25H29N3S2. The lowest BCUT2D eigenvalue weighted by molar-refractivity contribution is 0.220. The minimum absolute atomic E-state index is 0.242. The highest BCUT2D eigenvalue weighted by Crippen LogP contribution is 2.54. The fraction of sp³-hybridized carbons (Fsp3) is 0.360. The molecule has 3 aromatic rings. The van der Waals surface area contributed by atoms with E-state index >= 15 is 0 Å². The Balaban J connectivity index is 1.39. The van der Waals surface area contributed by atoms with Crippen LogP contribution in [0.25, 0.3) is 0 Å². The van der Waals surface area contributed by atoms with Gasteiger partial charge < -0.3 is 10.6 Å². The molecule has 2 N–H and O–H groups in total. The van der Waals surface area contributed by atoms with Crippen LogP contribution in [0.2, 0.25) is 0 Å². The van der Waals surface area contributed by atoms with Crippen LogP contribution in [0.15, 0.2) is 41.8 Å². The lowest BCUT2D eigenvalue weighted by atomic mass is 9.57. The summed E-state index contributed by atoms with van der Waals surface area (Å²) in [5.41, 5.74) is 9.34. The number of anilines is 2. The van der Waals surface area contributed by atoms with E-state index in [1.165, 1.54) is 33.5 Å². The number of hydrogen-bond donors (Lipinski definition) is 2. The van der Waals surface area contributed by atoms with Gasteiger partial charge in [0.2, 0.25) is 0 Å². The van der Waals surface area contributed by atoms with E-state index in [0.717, 1.165) is 23.7 Å². The van der Waals surface area contributed by atoms with Crippen LogP contribution in [-0.4, -0.2) is 10.1 Å². The first-order valence-electron chi connectivity index (χ1n) is 10.4. The van der Waals surface area contributed by atoms with Crippen LogP contribution >= 0.6 is 23.6 Å². The van der Waals surface area contributed by atoms with Gasteiger partial charge >= 0.3 is 0 Å². The highest BCUT2D eigenvalue weighted by atomic mass is 32.1. The molecule has 156 valence electrons. The van der Waals surface area contributed by atoms with Crippen LogP contribution in [0.3, 0.4) is 0 Å². The lowest BCUT2D eigenvalue weighted by Gasteiger charge is -2.47. The molecule has 1 aromatic heterocycles. The molecule has 5 heteroatoms. The Kier molecular flexibility index (Phi) is 5.69. The van der Waals surface area contributed by atoms with Gasteiger partial charge in [0.05, 0.1) is 5.69 Å². The van der Waals surface area contributed by atoms with Gasteiger partial charge in [0, 0.05) is 17.0 Å². The third-order valence-electron chi connectivity index (χ3n) is 6.14. The van der Waals surface area contributed by atoms with Crippen molar-refractivity contribution in [2.24, 2.45) is 0 Å². The maximum absolute atomic E-state index is 5.45. The number of nitrogens with zero attached hydrogens (tertiary/aromatic N) is 1. The fourth-order valence-corrected chi connectivity index (χ4v) is 6.08. The molecule has 1 aliphatic carbocycles. The largest absolute Gasteiger partial charge is 0.332 e. The Bertz CT molecular complexity index is 1050. The monoisotopic (exact) mass is 435 g/mol. The Labute approximate surface area is 189 Å². The van der Waals surface area contributed by atoms with Gasteiger partial charge in [0.15, 0.2) is 10.2 Å². The zero-order chi connectivity index (χ0) is 21.5. The van der Waals surface area contributed by atoms with E-state index in [1.807, 2.05) is 12.1 Å². The van der Waals surface area contributed by atoms with E-state index in [1.54, 1.807) is 11.3 Å². The zero-order valence-corrected chi connectivity index (χ0v) is 19.9. The van der Waals surface area contributed by atoms with Gasteiger partial charge in [-0.15, -0.1) is 11.3 Å². The third kappa shape index (κ3) is 4.28. The molecule has 30 heavy (non-hydrogen) atoms. The Morgan fingerprint density at radius 3 is 2.27 bits per heavy atom. The quantitative estimate of drug-likeness (QED) is 0.432. The number of hydrogen-bond acceptors (Lipinski definition) is 3. The van der Waals surface area contributed by atoms with Gasteiger partial charge in [0.1, 0.15) is 0 Å². The Hall–Kier alpha value is -2.24. The zero-order valence-electron chi connectivity index (χ0n) is 18.3. The summed E-state index contributed by atoms with van der Waals surface area (Å²) < 4.78 is 0. The molecule has 0 spiro atoms. The third-order valence-corrected chi connectivity index (χ3v) is 7.12. The topological polar surface area (TPSA) is 37.0 Å². The standard InChI is InChI=1S/C25H29N3S2/c1-15-6-8-20(9-7-15)26-23(29)28-24-27-21(14-30-24)19-12-25(5,13-19)22-17(3)10-16(2)11-18(22)4/h6-11,14,19H,12-13H2,1-5H3,(H2,26,27,28,29). The van der Waals surface area contributed by atoms with Crippen molar-refractivity contribution < 1.29 is 0 Å². The van der Waals surface area contributed by atoms with Crippen LogP contribution in [0.4, 0.5) is 10.8 Å². The van der Waals surface area contributed by atoms with Gasteiger partial charge in [-0.2, -0.15) is 0 Å².